The van der Waals surface area contributed by atoms with Gasteiger partial charge in [-0.2, -0.15) is 0 Å². The quantitative estimate of drug-likeness (QED) is 0.767. The molecule has 2 unspecified atom stereocenters. The van der Waals surface area contributed by atoms with Gasteiger partial charge in [0, 0.05) is 16.4 Å². The summed E-state index contributed by atoms with van der Waals surface area (Å²) in [7, 11) is 0. The number of benzene rings is 1. The molecule has 1 aliphatic heterocycles. The summed E-state index contributed by atoms with van der Waals surface area (Å²) < 4.78 is 7.22. The zero-order valence-corrected chi connectivity index (χ0v) is 15.8. The second-order valence-corrected chi connectivity index (χ2v) is 8.19. The highest BCUT2D eigenvalue weighted by Crippen LogP contribution is 2.49. The summed E-state index contributed by atoms with van der Waals surface area (Å²) >= 11 is 10.1. The number of nitrogens with one attached hydrogen (secondary N) is 1. The predicted octanol–water partition coefficient (Wildman–Crippen LogP) is 5.35. The van der Waals surface area contributed by atoms with Crippen molar-refractivity contribution in [3.63, 3.8) is 0 Å². The van der Waals surface area contributed by atoms with E-state index in [1.165, 1.54) is 0 Å². The van der Waals surface area contributed by atoms with Crippen LogP contribution in [0.25, 0.3) is 0 Å². The summed E-state index contributed by atoms with van der Waals surface area (Å²) in [5, 5.41) is 4.41. The number of halogens is 2. The lowest BCUT2D eigenvalue weighted by Crippen LogP contribution is -2.38. The van der Waals surface area contributed by atoms with Gasteiger partial charge in [0.15, 0.2) is 0 Å². The molecule has 1 N–H and O–H groups in total. The van der Waals surface area contributed by atoms with Crippen LogP contribution in [0.5, 0.6) is 0 Å². The molecule has 0 amide bonds. The molecule has 1 fully saturated rings. The van der Waals surface area contributed by atoms with E-state index in [1.54, 1.807) is 0 Å². The van der Waals surface area contributed by atoms with Crippen molar-refractivity contribution in [1.29, 1.82) is 0 Å². The fourth-order valence-electron chi connectivity index (χ4n) is 3.57. The Morgan fingerprint density at radius 2 is 2.05 bits per heavy atom. The van der Waals surface area contributed by atoms with Crippen LogP contribution < -0.4 is 5.32 Å². The van der Waals surface area contributed by atoms with Crippen molar-refractivity contribution < 1.29 is 4.74 Å². The van der Waals surface area contributed by atoms with E-state index in [4.69, 9.17) is 16.3 Å². The number of ether oxygens (including phenoxy) is 1. The molecule has 0 spiro atoms. The first kappa shape index (κ1) is 17.3. The Morgan fingerprint density at radius 1 is 1.38 bits per heavy atom. The van der Waals surface area contributed by atoms with E-state index in [0.29, 0.717) is 5.92 Å². The minimum absolute atomic E-state index is 0.0969. The number of rotatable bonds is 4. The topological polar surface area (TPSA) is 21.3 Å². The van der Waals surface area contributed by atoms with Crippen LogP contribution in [0.1, 0.15) is 52.6 Å². The number of hydrogen-bond donors (Lipinski definition) is 1. The van der Waals surface area contributed by atoms with Gasteiger partial charge in [-0.3, -0.25) is 0 Å². The Kier molecular flexibility index (Phi) is 5.09. The van der Waals surface area contributed by atoms with E-state index in [1.807, 2.05) is 12.1 Å². The predicted molar refractivity (Wildman–Crippen MR) is 92.9 cm³/mol. The van der Waals surface area contributed by atoms with Gasteiger partial charge in [0.05, 0.1) is 16.2 Å². The second-order valence-electron chi connectivity index (χ2n) is 6.95. The summed E-state index contributed by atoms with van der Waals surface area (Å²) in [4.78, 5) is 0. The number of hydrogen-bond acceptors (Lipinski definition) is 2. The first-order chi connectivity index (χ1) is 9.68. The highest BCUT2D eigenvalue weighted by Gasteiger charge is 2.49. The van der Waals surface area contributed by atoms with Crippen LogP contribution in [-0.2, 0) is 4.74 Å². The molecule has 1 heterocycles. The molecule has 0 radical (unpaired) electrons. The lowest BCUT2D eigenvalue weighted by molar-refractivity contribution is -0.0778. The summed E-state index contributed by atoms with van der Waals surface area (Å²) in [6.07, 6.45) is 1.01. The van der Waals surface area contributed by atoms with Crippen molar-refractivity contribution in [2.45, 2.75) is 58.3 Å². The normalized spacial score (nSPS) is 25.0. The van der Waals surface area contributed by atoms with Crippen LogP contribution in [0.3, 0.4) is 0 Å². The maximum absolute atomic E-state index is 6.54. The monoisotopic (exact) mass is 373 g/mol. The van der Waals surface area contributed by atoms with Crippen molar-refractivity contribution >= 4 is 27.5 Å². The molecular weight excluding hydrogens is 350 g/mol. The lowest BCUT2D eigenvalue weighted by atomic mass is 9.79. The van der Waals surface area contributed by atoms with Gasteiger partial charge in [-0.05, 0) is 68.2 Å². The molecule has 4 heteroatoms. The smallest absolute Gasteiger partial charge is 0.0681 e. The Morgan fingerprint density at radius 3 is 2.57 bits per heavy atom. The molecular formula is C17H25BrClNO. The zero-order chi connectivity index (χ0) is 15.8. The molecule has 0 aromatic heterocycles. The van der Waals surface area contributed by atoms with E-state index < -0.39 is 0 Å². The molecule has 2 nitrogen and oxygen atoms in total. The Hall–Kier alpha value is -0.0900. The summed E-state index contributed by atoms with van der Waals surface area (Å²) in [6, 6.07) is 6.33. The van der Waals surface area contributed by atoms with Crippen molar-refractivity contribution in [3.8, 4) is 0 Å². The van der Waals surface area contributed by atoms with E-state index in [0.717, 1.165) is 28.0 Å². The van der Waals surface area contributed by atoms with Crippen molar-refractivity contribution in [3.05, 3.63) is 33.3 Å². The van der Waals surface area contributed by atoms with Crippen molar-refractivity contribution in [2.24, 2.45) is 5.92 Å². The lowest BCUT2D eigenvalue weighted by Gasteiger charge is -2.34. The fourth-order valence-corrected chi connectivity index (χ4v) is 4.20. The first-order valence-electron chi connectivity index (χ1n) is 7.55. The van der Waals surface area contributed by atoms with Crippen LogP contribution in [-0.4, -0.2) is 17.7 Å². The summed E-state index contributed by atoms with van der Waals surface area (Å²) in [6.45, 7) is 11.7. The molecule has 0 aliphatic carbocycles. The highest BCUT2D eigenvalue weighted by atomic mass is 79.9. The van der Waals surface area contributed by atoms with Crippen LogP contribution in [0, 0.1) is 5.92 Å². The maximum Gasteiger partial charge on any atom is 0.0681 e. The van der Waals surface area contributed by atoms with E-state index in [-0.39, 0.29) is 17.2 Å². The van der Waals surface area contributed by atoms with Gasteiger partial charge in [0.2, 0.25) is 0 Å². The van der Waals surface area contributed by atoms with E-state index in [2.05, 4.69) is 61.9 Å². The van der Waals surface area contributed by atoms with E-state index >= 15 is 0 Å². The Labute approximate surface area is 141 Å². The average Bonchev–Trinajstić information content (AvgIpc) is 2.58. The average molecular weight is 375 g/mol. The minimum Gasteiger partial charge on any atom is -0.369 e. The van der Waals surface area contributed by atoms with Crippen LogP contribution in [0.2, 0.25) is 5.02 Å². The van der Waals surface area contributed by atoms with Crippen molar-refractivity contribution in [1.82, 2.24) is 5.32 Å². The van der Waals surface area contributed by atoms with Gasteiger partial charge in [-0.15, -0.1) is 0 Å². The zero-order valence-electron chi connectivity index (χ0n) is 13.5. The molecule has 1 saturated heterocycles. The molecule has 21 heavy (non-hydrogen) atoms. The van der Waals surface area contributed by atoms with Crippen LogP contribution in [0.4, 0.5) is 0 Å². The maximum atomic E-state index is 6.54. The van der Waals surface area contributed by atoms with Crippen LogP contribution >= 0.6 is 27.5 Å². The third kappa shape index (κ3) is 3.64. The van der Waals surface area contributed by atoms with Gasteiger partial charge in [0.1, 0.15) is 0 Å². The SMILES string of the molecule is CCNC(c1cccc(Br)c1Cl)C1CC(C)(C)OC1(C)C. The van der Waals surface area contributed by atoms with E-state index in [9.17, 15) is 0 Å². The molecule has 118 valence electrons. The fraction of sp³-hybridized carbons (Fsp3) is 0.647. The Bertz CT molecular complexity index is 516. The van der Waals surface area contributed by atoms with Gasteiger partial charge in [-0.1, -0.05) is 30.7 Å². The molecule has 1 aromatic rings. The molecule has 1 aliphatic rings. The highest BCUT2D eigenvalue weighted by molar-refractivity contribution is 9.10. The summed E-state index contributed by atoms with van der Waals surface area (Å²) in [5.74, 6) is 0.374. The third-order valence-electron chi connectivity index (χ3n) is 4.29. The van der Waals surface area contributed by atoms with Gasteiger partial charge >= 0.3 is 0 Å². The Balaban J connectivity index is 2.42. The molecule has 2 rings (SSSR count). The molecule has 0 saturated carbocycles. The molecule has 1 aromatic carbocycles. The minimum atomic E-state index is -0.179. The largest absolute Gasteiger partial charge is 0.369 e. The second kappa shape index (κ2) is 6.19. The summed E-state index contributed by atoms with van der Waals surface area (Å²) in [5.41, 5.74) is 0.870. The first-order valence-corrected chi connectivity index (χ1v) is 8.72. The van der Waals surface area contributed by atoms with Crippen molar-refractivity contribution in [2.75, 3.05) is 6.54 Å². The molecule has 2 atom stereocenters. The third-order valence-corrected chi connectivity index (χ3v) is 5.60. The standard InChI is InChI=1S/C17H25BrClNO/c1-6-20-15(11-8-7-9-13(18)14(11)19)12-10-16(2,3)21-17(12,4)5/h7-9,12,15,20H,6,10H2,1-5H3. The van der Waals surface area contributed by atoms with Gasteiger partial charge in [0.25, 0.3) is 0 Å². The van der Waals surface area contributed by atoms with Gasteiger partial charge in [-0.25, -0.2) is 0 Å². The van der Waals surface area contributed by atoms with Gasteiger partial charge < -0.3 is 10.1 Å². The van der Waals surface area contributed by atoms with Crippen LogP contribution in [0.15, 0.2) is 22.7 Å². The molecule has 0 bridgehead atoms.